The van der Waals surface area contributed by atoms with E-state index in [1.807, 2.05) is 11.8 Å². The third kappa shape index (κ3) is 1.85. The molecule has 0 saturated carbocycles. The number of nitrogens with zero attached hydrogens (tertiary/aromatic N) is 1. The molecular weight excluding hydrogens is 142 g/mol. The van der Waals surface area contributed by atoms with Gasteiger partial charge in [-0.15, -0.1) is 11.8 Å². The van der Waals surface area contributed by atoms with Crippen molar-refractivity contribution < 1.29 is 4.84 Å². The van der Waals surface area contributed by atoms with Gasteiger partial charge in [0.2, 0.25) is 0 Å². The van der Waals surface area contributed by atoms with E-state index in [9.17, 15) is 0 Å². The van der Waals surface area contributed by atoms with E-state index < -0.39 is 0 Å². The number of hydrogen-bond donors (Lipinski definition) is 0. The van der Waals surface area contributed by atoms with Crippen molar-refractivity contribution in [3.8, 4) is 0 Å². The van der Waals surface area contributed by atoms with Crippen LogP contribution in [0.25, 0.3) is 0 Å². The highest BCUT2D eigenvalue weighted by Gasteiger charge is 2.13. The van der Waals surface area contributed by atoms with E-state index in [-0.39, 0.29) is 5.44 Å². The molecule has 1 atom stereocenters. The highest BCUT2D eigenvalue weighted by molar-refractivity contribution is 8.06. The van der Waals surface area contributed by atoms with Crippen LogP contribution in [-0.2, 0) is 4.84 Å². The summed E-state index contributed by atoms with van der Waals surface area (Å²) in [5.41, 5.74) is 0.0220. The van der Waals surface area contributed by atoms with Gasteiger partial charge in [0.25, 0.3) is 0 Å². The van der Waals surface area contributed by atoms with Gasteiger partial charge in [-0.1, -0.05) is 0 Å². The largest absolute Gasteiger partial charge is 0.248 e. The molecule has 0 aromatic rings. The van der Waals surface area contributed by atoms with Crippen molar-refractivity contribution >= 4 is 23.5 Å². The Morgan fingerprint density at radius 1 is 1.50 bits per heavy atom. The lowest BCUT2D eigenvalue weighted by atomic mass is 10.8. The van der Waals surface area contributed by atoms with E-state index in [1.54, 1.807) is 11.8 Å². The summed E-state index contributed by atoms with van der Waals surface area (Å²) in [6.45, 7) is 0. The second-order valence-electron chi connectivity index (χ2n) is 1.48. The van der Waals surface area contributed by atoms with Crippen LogP contribution in [-0.4, -0.2) is 22.7 Å². The summed E-state index contributed by atoms with van der Waals surface area (Å²) in [5.74, 6) is 11.4. The fraction of sp³-hybridized carbons (Fsp3) is 1.00. The van der Waals surface area contributed by atoms with Gasteiger partial charge >= 0.3 is 0 Å². The maximum Gasteiger partial charge on any atom is 0.137 e. The molecule has 1 unspecified atom stereocenters. The third-order valence-corrected chi connectivity index (χ3v) is 3.47. The summed E-state index contributed by atoms with van der Waals surface area (Å²) in [6, 6.07) is 0. The minimum absolute atomic E-state index is 0.0220. The molecule has 4 heteroatoms. The van der Waals surface area contributed by atoms with Gasteiger partial charge in [-0.05, 0) is 0 Å². The fourth-order valence-corrected chi connectivity index (χ4v) is 2.80. The first-order chi connectivity index (χ1) is 3.93. The minimum Gasteiger partial charge on any atom is -0.248 e. The molecule has 0 aromatic carbocycles. The summed E-state index contributed by atoms with van der Waals surface area (Å²) in [6.07, 6.45) is 0. The first-order valence-corrected chi connectivity index (χ1v) is 4.63. The second-order valence-corrected chi connectivity index (χ2v) is 3.90. The number of thioether (sulfide) groups is 2. The summed E-state index contributed by atoms with van der Waals surface area (Å²) in [4.78, 5) is 4.13. The molecular formula is C4H7NOS2. The Bertz CT molecular complexity index is 65.1. The average molecular weight is 149 g/mol. The SMILES string of the molecule is [N]OC1CSCCS1. The molecule has 0 N–H and O–H groups in total. The van der Waals surface area contributed by atoms with Crippen molar-refractivity contribution in [2.75, 3.05) is 17.3 Å². The van der Waals surface area contributed by atoms with Gasteiger partial charge in [0, 0.05) is 23.2 Å². The van der Waals surface area contributed by atoms with Crippen molar-refractivity contribution in [2.45, 2.75) is 5.44 Å². The maximum absolute atomic E-state index is 8.16. The van der Waals surface area contributed by atoms with Gasteiger partial charge in [-0.3, -0.25) is 0 Å². The molecule has 1 fully saturated rings. The van der Waals surface area contributed by atoms with Crippen LogP contribution in [0.1, 0.15) is 0 Å². The highest BCUT2D eigenvalue weighted by atomic mass is 32.2. The van der Waals surface area contributed by atoms with E-state index >= 15 is 0 Å². The monoisotopic (exact) mass is 149 g/mol. The van der Waals surface area contributed by atoms with Crippen LogP contribution in [0.2, 0.25) is 0 Å². The van der Waals surface area contributed by atoms with Crippen LogP contribution in [0.15, 0.2) is 0 Å². The Morgan fingerprint density at radius 3 is 2.75 bits per heavy atom. The molecule has 8 heavy (non-hydrogen) atoms. The molecule has 2 nitrogen and oxygen atoms in total. The van der Waals surface area contributed by atoms with Crippen LogP contribution in [0, 0.1) is 0 Å². The van der Waals surface area contributed by atoms with Crippen LogP contribution in [0.4, 0.5) is 0 Å². The van der Waals surface area contributed by atoms with E-state index in [2.05, 4.69) is 4.84 Å². The fourth-order valence-electron chi connectivity index (χ4n) is 0.527. The average Bonchev–Trinajstić information content (AvgIpc) is 1.90. The van der Waals surface area contributed by atoms with E-state index in [0.29, 0.717) is 0 Å². The molecule has 2 radical (unpaired) electrons. The third-order valence-electron chi connectivity index (χ3n) is 0.903. The zero-order valence-electron chi connectivity index (χ0n) is 4.37. The summed E-state index contributed by atoms with van der Waals surface area (Å²) < 4.78 is 0. The lowest BCUT2D eigenvalue weighted by Crippen LogP contribution is -2.16. The molecule has 0 bridgehead atoms. The van der Waals surface area contributed by atoms with Crippen molar-refractivity contribution in [3.63, 3.8) is 0 Å². The van der Waals surface area contributed by atoms with Crippen molar-refractivity contribution in [1.82, 2.24) is 5.90 Å². The number of rotatable bonds is 1. The highest BCUT2D eigenvalue weighted by Crippen LogP contribution is 2.23. The molecule has 0 spiro atoms. The molecule has 1 aliphatic heterocycles. The van der Waals surface area contributed by atoms with Crippen LogP contribution >= 0.6 is 23.5 Å². The van der Waals surface area contributed by atoms with Gasteiger partial charge in [-0.2, -0.15) is 11.8 Å². The quantitative estimate of drug-likeness (QED) is 0.517. The summed E-state index contributed by atoms with van der Waals surface area (Å²) >= 11 is 3.49. The van der Waals surface area contributed by atoms with Gasteiger partial charge in [0.15, 0.2) is 0 Å². The van der Waals surface area contributed by atoms with Crippen LogP contribution in [0.5, 0.6) is 0 Å². The van der Waals surface area contributed by atoms with Gasteiger partial charge in [0.05, 0.1) is 0 Å². The lowest BCUT2D eigenvalue weighted by Gasteiger charge is -2.16. The molecule has 1 rings (SSSR count). The first kappa shape index (κ1) is 6.74. The predicted molar refractivity (Wildman–Crippen MR) is 36.8 cm³/mol. The second kappa shape index (κ2) is 3.61. The van der Waals surface area contributed by atoms with Gasteiger partial charge < -0.3 is 0 Å². The van der Waals surface area contributed by atoms with E-state index in [1.165, 1.54) is 5.75 Å². The van der Waals surface area contributed by atoms with Gasteiger partial charge in [0.1, 0.15) is 5.44 Å². The normalized spacial score (nSPS) is 30.4. The van der Waals surface area contributed by atoms with Crippen LogP contribution in [0.3, 0.4) is 0 Å². The Morgan fingerprint density at radius 2 is 2.38 bits per heavy atom. The van der Waals surface area contributed by atoms with Gasteiger partial charge in [-0.25, -0.2) is 4.84 Å². The van der Waals surface area contributed by atoms with E-state index in [0.717, 1.165) is 11.5 Å². The lowest BCUT2D eigenvalue weighted by molar-refractivity contribution is 0.110. The smallest absolute Gasteiger partial charge is 0.137 e. The molecule has 0 aromatic heterocycles. The van der Waals surface area contributed by atoms with Crippen molar-refractivity contribution in [2.24, 2.45) is 0 Å². The standard InChI is InChI=1S/C4H7NOS2/c5-6-4-3-7-1-2-8-4/h4H,1-3H2. The zero-order chi connectivity index (χ0) is 5.82. The molecule has 1 saturated heterocycles. The predicted octanol–water partition coefficient (Wildman–Crippen LogP) is 0.793. The maximum atomic E-state index is 8.16. The first-order valence-electron chi connectivity index (χ1n) is 2.43. The molecule has 1 aliphatic rings. The molecule has 0 amide bonds. The Kier molecular flexibility index (Phi) is 3.04. The minimum atomic E-state index is 0.0220. The van der Waals surface area contributed by atoms with E-state index in [4.69, 9.17) is 5.90 Å². The van der Waals surface area contributed by atoms with Crippen molar-refractivity contribution in [3.05, 3.63) is 0 Å². The van der Waals surface area contributed by atoms with Crippen molar-refractivity contribution in [1.29, 1.82) is 0 Å². The zero-order valence-corrected chi connectivity index (χ0v) is 6.00. The molecule has 46 valence electrons. The Balaban J connectivity index is 2.13. The number of hydrogen-bond acceptors (Lipinski definition) is 3. The molecule has 1 heterocycles. The Hall–Kier alpha value is 0.620. The summed E-state index contributed by atoms with van der Waals surface area (Å²) in [5, 5.41) is 0. The summed E-state index contributed by atoms with van der Waals surface area (Å²) in [7, 11) is 0. The topological polar surface area (TPSA) is 31.5 Å². The van der Waals surface area contributed by atoms with Crippen LogP contribution < -0.4 is 5.90 Å². The molecule has 0 aliphatic carbocycles. The Labute approximate surface area is 57.5 Å².